The Kier molecular flexibility index (Phi) is 3.12. The maximum atomic E-state index is 11.5. The van der Waals surface area contributed by atoms with Gasteiger partial charge in [0.2, 0.25) is 5.91 Å². The maximum Gasteiger partial charge on any atom is 0.236 e. The highest BCUT2D eigenvalue weighted by atomic mass is 16.5. The van der Waals surface area contributed by atoms with Crippen molar-refractivity contribution in [2.45, 2.75) is 51.8 Å². The Morgan fingerprint density at radius 3 is 2.40 bits per heavy atom. The Balaban J connectivity index is 2.60. The van der Waals surface area contributed by atoms with Crippen LogP contribution in [-0.2, 0) is 9.53 Å². The van der Waals surface area contributed by atoms with Crippen LogP contribution in [0, 0.1) is 5.41 Å². The van der Waals surface area contributed by atoms with E-state index in [0.717, 1.165) is 6.42 Å². The topological polar surface area (TPSA) is 64.3 Å². The van der Waals surface area contributed by atoms with Crippen LogP contribution in [0.1, 0.15) is 34.1 Å². The van der Waals surface area contributed by atoms with Gasteiger partial charge in [0.05, 0.1) is 11.6 Å². The molecule has 0 aromatic heterocycles. The van der Waals surface area contributed by atoms with E-state index in [1.54, 1.807) is 14.0 Å². The van der Waals surface area contributed by atoms with Gasteiger partial charge in [-0.05, 0) is 20.3 Å². The van der Waals surface area contributed by atoms with Crippen LogP contribution in [0.15, 0.2) is 0 Å². The molecule has 3 N–H and O–H groups in total. The number of carbonyl (C=O) groups is 1. The first-order chi connectivity index (χ1) is 6.74. The van der Waals surface area contributed by atoms with Gasteiger partial charge in [-0.1, -0.05) is 13.8 Å². The predicted molar refractivity (Wildman–Crippen MR) is 59.4 cm³/mol. The van der Waals surface area contributed by atoms with Crippen molar-refractivity contribution in [2.24, 2.45) is 11.1 Å². The Hall–Kier alpha value is -0.610. The number of carbonyl (C=O) groups excluding carboxylic acids is 1. The lowest BCUT2D eigenvalue weighted by atomic mass is 9.56. The molecule has 0 bridgehead atoms. The summed E-state index contributed by atoms with van der Waals surface area (Å²) in [7, 11) is 1.71. The molecule has 3 atom stereocenters. The van der Waals surface area contributed by atoms with Crippen molar-refractivity contribution in [3.8, 4) is 0 Å². The normalized spacial score (nSPS) is 35.5. The summed E-state index contributed by atoms with van der Waals surface area (Å²) in [6, 6.07) is -0.295. The monoisotopic (exact) mass is 214 g/mol. The molecule has 4 nitrogen and oxygen atoms in total. The van der Waals surface area contributed by atoms with E-state index in [-0.39, 0.29) is 23.0 Å². The predicted octanol–water partition coefficient (Wildman–Crippen LogP) is 0.653. The molecule has 0 saturated heterocycles. The number of methoxy groups -OCH3 is 1. The van der Waals surface area contributed by atoms with Crippen molar-refractivity contribution in [3.63, 3.8) is 0 Å². The molecule has 1 saturated carbocycles. The zero-order valence-electron chi connectivity index (χ0n) is 10.3. The first-order valence-electron chi connectivity index (χ1n) is 5.36. The molecule has 0 radical (unpaired) electrons. The fourth-order valence-corrected chi connectivity index (χ4v) is 2.03. The molecule has 88 valence electrons. The summed E-state index contributed by atoms with van der Waals surface area (Å²) < 4.78 is 5.48. The van der Waals surface area contributed by atoms with Gasteiger partial charge in [-0.3, -0.25) is 4.79 Å². The van der Waals surface area contributed by atoms with Crippen LogP contribution in [0.5, 0.6) is 0 Å². The van der Waals surface area contributed by atoms with Crippen LogP contribution in [0.25, 0.3) is 0 Å². The zero-order chi connectivity index (χ0) is 11.9. The molecule has 0 aromatic rings. The summed E-state index contributed by atoms with van der Waals surface area (Å²) in [6.07, 6.45) is 0.842. The molecular formula is C11H22N2O2. The number of hydrogen-bond donors (Lipinski definition) is 2. The number of hydrogen-bond acceptors (Lipinski definition) is 3. The van der Waals surface area contributed by atoms with Crippen LogP contribution < -0.4 is 11.1 Å². The first kappa shape index (κ1) is 12.5. The van der Waals surface area contributed by atoms with Crippen LogP contribution in [-0.4, -0.2) is 30.7 Å². The van der Waals surface area contributed by atoms with E-state index in [4.69, 9.17) is 10.5 Å². The molecule has 1 aliphatic carbocycles. The van der Waals surface area contributed by atoms with Gasteiger partial charge in [0, 0.05) is 18.6 Å². The van der Waals surface area contributed by atoms with Gasteiger partial charge in [0.25, 0.3) is 0 Å². The van der Waals surface area contributed by atoms with Crippen molar-refractivity contribution in [3.05, 3.63) is 0 Å². The average molecular weight is 214 g/mol. The molecule has 1 aliphatic rings. The van der Waals surface area contributed by atoms with Gasteiger partial charge in [-0.2, -0.15) is 0 Å². The molecule has 0 spiro atoms. The molecule has 1 rings (SSSR count). The second-order valence-corrected chi connectivity index (χ2v) is 5.21. The van der Waals surface area contributed by atoms with Crippen LogP contribution >= 0.6 is 0 Å². The molecule has 0 aromatic carbocycles. The zero-order valence-corrected chi connectivity index (χ0v) is 10.3. The lowest BCUT2D eigenvalue weighted by molar-refractivity contribution is -0.182. The summed E-state index contributed by atoms with van der Waals surface area (Å²) in [4.78, 5) is 11.5. The number of nitrogens with two attached hydrogens (primary N) is 1. The van der Waals surface area contributed by atoms with E-state index in [9.17, 15) is 4.79 Å². The molecule has 0 aliphatic heterocycles. The molecule has 4 heteroatoms. The second-order valence-electron chi connectivity index (χ2n) is 5.21. The lowest BCUT2D eigenvalue weighted by Crippen LogP contribution is -2.69. The minimum absolute atomic E-state index is 0.0493. The van der Waals surface area contributed by atoms with E-state index in [2.05, 4.69) is 26.1 Å². The summed E-state index contributed by atoms with van der Waals surface area (Å²) in [6.45, 7) is 7.97. The fourth-order valence-electron chi connectivity index (χ4n) is 2.03. The smallest absolute Gasteiger partial charge is 0.236 e. The van der Waals surface area contributed by atoms with E-state index >= 15 is 0 Å². The Morgan fingerprint density at radius 2 is 2.07 bits per heavy atom. The third kappa shape index (κ3) is 1.88. The Labute approximate surface area is 91.5 Å². The highest BCUT2D eigenvalue weighted by Crippen LogP contribution is 2.51. The minimum atomic E-state index is -0.449. The summed E-state index contributed by atoms with van der Waals surface area (Å²) in [5, 5.41) is 2.95. The Bertz CT molecular complexity index is 263. The second kappa shape index (κ2) is 3.76. The third-order valence-corrected chi connectivity index (χ3v) is 4.01. The van der Waals surface area contributed by atoms with E-state index < -0.39 is 6.04 Å². The van der Waals surface area contributed by atoms with Crippen molar-refractivity contribution in [1.29, 1.82) is 0 Å². The minimum Gasteiger partial charge on any atom is -0.378 e. The largest absolute Gasteiger partial charge is 0.378 e. The lowest BCUT2D eigenvalue weighted by Gasteiger charge is -2.59. The fraction of sp³-hybridized carbons (Fsp3) is 0.909. The molecule has 0 heterocycles. The van der Waals surface area contributed by atoms with Gasteiger partial charge in [0.1, 0.15) is 0 Å². The SMILES string of the molecule is COC1(C)CC(NC(=O)C(C)N)C1(C)C. The summed E-state index contributed by atoms with van der Waals surface area (Å²) in [5.41, 5.74) is 5.31. The first-order valence-corrected chi connectivity index (χ1v) is 5.36. The van der Waals surface area contributed by atoms with Gasteiger partial charge in [-0.15, -0.1) is 0 Å². The van der Waals surface area contributed by atoms with Crippen LogP contribution in [0.4, 0.5) is 0 Å². The highest BCUT2D eigenvalue weighted by Gasteiger charge is 2.58. The van der Waals surface area contributed by atoms with Crippen molar-refractivity contribution >= 4 is 5.91 Å². The number of nitrogens with one attached hydrogen (secondary N) is 1. The van der Waals surface area contributed by atoms with Gasteiger partial charge >= 0.3 is 0 Å². The quantitative estimate of drug-likeness (QED) is 0.725. The van der Waals surface area contributed by atoms with Crippen molar-refractivity contribution in [2.75, 3.05) is 7.11 Å². The van der Waals surface area contributed by atoms with Gasteiger partial charge in [-0.25, -0.2) is 0 Å². The van der Waals surface area contributed by atoms with Gasteiger partial charge in [0.15, 0.2) is 0 Å². The van der Waals surface area contributed by atoms with E-state index in [1.807, 2.05) is 0 Å². The van der Waals surface area contributed by atoms with Crippen molar-refractivity contribution in [1.82, 2.24) is 5.32 Å². The molecule has 3 unspecified atom stereocenters. The average Bonchev–Trinajstić information content (AvgIpc) is 2.16. The molecule has 15 heavy (non-hydrogen) atoms. The summed E-state index contributed by atoms with van der Waals surface area (Å²) >= 11 is 0. The summed E-state index contributed by atoms with van der Waals surface area (Å²) in [5.74, 6) is -0.0915. The van der Waals surface area contributed by atoms with Crippen molar-refractivity contribution < 1.29 is 9.53 Å². The highest BCUT2D eigenvalue weighted by molar-refractivity contribution is 5.81. The molecule has 1 amide bonds. The van der Waals surface area contributed by atoms with Crippen LogP contribution in [0.3, 0.4) is 0 Å². The Morgan fingerprint density at radius 1 is 1.53 bits per heavy atom. The van der Waals surface area contributed by atoms with E-state index in [0.29, 0.717) is 0 Å². The number of rotatable bonds is 3. The standard InChI is InChI=1S/C11H22N2O2/c1-7(12)9(14)13-8-6-11(4,15-5)10(8,2)3/h7-8H,6,12H2,1-5H3,(H,13,14). The third-order valence-electron chi connectivity index (χ3n) is 4.01. The van der Waals surface area contributed by atoms with Crippen LogP contribution in [0.2, 0.25) is 0 Å². The molecule has 1 fully saturated rings. The maximum absolute atomic E-state index is 11.5. The van der Waals surface area contributed by atoms with E-state index in [1.165, 1.54) is 0 Å². The molecular weight excluding hydrogens is 192 g/mol. The van der Waals surface area contributed by atoms with Gasteiger partial charge < -0.3 is 15.8 Å². The number of ether oxygens (including phenoxy) is 1. The number of amides is 1.